The molecule has 126 valence electrons. The Labute approximate surface area is 143 Å². The normalized spacial score (nSPS) is 16.6. The second-order valence-electron chi connectivity index (χ2n) is 5.44. The zero-order valence-electron chi connectivity index (χ0n) is 12.7. The maximum atomic E-state index is 11.8. The number of hydrogen-bond donors (Lipinski definition) is 2. The van der Waals surface area contributed by atoms with Crippen LogP contribution in [-0.4, -0.2) is 43.3 Å². The number of carbonyl (C=O) groups is 2. The van der Waals surface area contributed by atoms with Gasteiger partial charge in [-0.3, -0.25) is 9.59 Å². The molecule has 1 aromatic rings. The van der Waals surface area contributed by atoms with Gasteiger partial charge in [-0.25, -0.2) is 0 Å². The van der Waals surface area contributed by atoms with Gasteiger partial charge in [0.1, 0.15) is 5.75 Å². The van der Waals surface area contributed by atoms with E-state index in [2.05, 4.69) is 21.2 Å². The van der Waals surface area contributed by atoms with E-state index in [4.69, 9.17) is 9.47 Å². The minimum Gasteiger partial charge on any atom is -0.484 e. The summed E-state index contributed by atoms with van der Waals surface area (Å²) < 4.78 is 11.5. The molecule has 0 radical (unpaired) electrons. The molecule has 0 saturated carbocycles. The van der Waals surface area contributed by atoms with Crippen LogP contribution < -0.4 is 10.1 Å². The number of nitrogens with one attached hydrogen (secondary N) is 1. The van der Waals surface area contributed by atoms with Crippen molar-refractivity contribution in [2.75, 3.05) is 26.4 Å². The number of halogens is 1. The van der Waals surface area contributed by atoms with Crippen LogP contribution in [0.3, 0.4) is 0 Å². The number of ether oxygens (including phenoxy) is 2. The molecule has 1 heterocycles. The molecule has 0 bridgehead atoms. The monoisotopic (exact) mass is 385 g/mol. The van der Waals surface area contributed by atoms with Gasteiger partial charge in [-0.05, 0) is 43.0 Å². The van der Waals surface area contributed by atoms with Crippen molar-refractivity contribution in [3.05, 3.63) is 28.7 Å². The predicted molar refractivity (Wildman–Crippen MR) is 87.3 cm³/mol. The first-order valence-corrected chi connectivity index (χ1v) is 8.31. The molecule has 1 aliphatic rings. The average Bonchev–Trinajstić information content (AvgIpc) is 2.55. The van der Waals surface area contributed by atoms with E-state index < -0.39 is 11.9 Å². The van der Waals surface area contributed by atoms with Gasteiger partial charge in [-0.1, -0.05) is 15.9 Å². The van der Waals surface area contributed by atoms with Crippen LogP contribution in [0.4, 0.5) is 0 Å². The lowest BCUT2D eigenvalue weighted by molar-refractivity contribution is -0.145. The minimum absolute atomic E-state index is 0.0361. The van der Waals surface area contributed by atoms with Crippen molar-refractivity contribution in [3.8, 4) is 5.75 Å². The van der Waals surface area contributed by atoms with Crippen LogP contribution in [0.1, 0.15) is 12.8 Å². The highest BCUT2D eigenvalue weighted by atomic mass is 79.9. The van der Waals surface area contributed by atoms with Gasteiger partial charge in [-0.15, -0.1) is 0 Å². The SMILES string of the molecule is O=C(COc1ccc(Br)cc1)NCC(C(=O)O)C1CCOCC1. The Balaban J connectivity index is 1.77. The maximum absolute atomic E-state index is 11.8. The zero-order chi connectivity index (χ0) is 16.7. The Morgan fingerprint density at radius 2 is 1.96 bits per heavy atom. The van der Waals surface area contributed by atoms with Gasteiger partial charge in [0, 0.05) is 24.2 Å². The Morgan fingerprint density at radius 3 is 2.57 bits per heavy atom. The molecule has 1 amide bonds. The van der Waals surface area contributed by atoms with E-state index in [1.807, 2.05) is 12.1 Å². The quantitative estimate of drug-likeness (QED) is 0.750. The third-order valence-electron chi connectivity index (χ3n) is 3.85. The van der Waals surface area contributed by atoms with Crippen molar-refractivity contribution in [1.29, 1.82) is 0 Å². The summed E-state index contributed by atoms with van der Waals surface area (Å²) in [5, 5.41) is 12.0. The molecule has 0 spiro atoms. The Hall–Kier alpha value is -1.60. The largest absolute Gasteiger partial charge is 0.484 e. The van der Waals surface area contributed by atoms with Crippen molar-refractivity contribution in [1.82, 2.24) is 5.32 Å². The van der Waals surface area contributed by atoms with Gasteiger partial charge in [0.05, 0.1) is 5.92 Å². The number of benzene rings is 1. The molecule has 1 aliphatic heterocycles. The number of carboxylic acids is 1. The molecule has 0 aromatic heterocycles. The van der Waals surface area contributed by atoms with E-state index in [0.717, 1.165) is 4.47 Å². The standard InChI is InChI=1S/C16H20BrNO5/c17-12-1-3-13(4-2-12)23-10-15(19)18-9-14(16(20)21)11-5-7-22-8-6-11/h1-4,11,14H,5-10H2,(H,18,19)(H,20,21). The van der Waals surface area contributed by atoms with Crippen LogP contribution in [0.2, 0.25) is 0 Å². The van der Waals surface area contributed by atoms with Crippen molar-refractivity contribution >= 4 is 27.8 Å². The molecule has 2 rings (SSSR count). The summed E-state index contributed by atoms with van der Waals surface area (Å²) in [5.41, 5.74) is 0. The van der Waals surface area contributed by atoms with E-state index in [1.54, 1.807) is 12.1 Å². The van der Waals surface area contributed by atoms with Gasteiger partial charge in [0.2, 0.25) is 0 Å². The molecule has 7 heteroatoms. The fourth-order valence-corrected chi connectivity index (χ4v) is 2.79. The van der Waals surface area contributed by atoms with E-state index in [1.165, 1.54) is 0 Å². The third-order valence-corrected chi connectivity index (χ3v) is 4.38. The van der Waals surface area contributed by atoms with Gasteiger partial charge < -0.3 is 19.9 Å². The summed E-state index contributed by atoms with van der Waals surface area (Å²) in [7, 11) is 0. The van der Waals surface area contributed by atoms with Crippen molar-refractivity contribution in [3.63, 3.8) is 0 Å². The smallest absolute Gasteiger partial charge is 0.308 e. The second-order valence-corrected chi connectivity index (χ2v) is 6.36. The van der Waals surface area contributed by atoms with Gasteiger partial charge in [0.25, 0.3) is 5.91 Å². The molecule has 0 aliphatic carbocycles. The Bertz CT molecular complexity index is 528. The summed E-state index contributed by atoms with van der Waals surface area (Å²) in [5.74, 6) is -1.18. The summed E-state index contributed by atoms with van der Waals surface area (Å²) >= 11 is 3.32. The topological polar surface area (TPSA) is 84.9 Å². The number of carbonyl (C=O) groups excluding carboxylic acids is 1. The molecule has 6 nitrogen and oxygen atoms in total. The van der Waals surface area contributed by atoms with Crippen molar-refractivity contribution in [2.24, 2.45) is 11.8 Å². The summed E-state index contributed by atoms with van der Waals surface area (Å²) in [6.45, 7) is 1.13. The Kier molecular flexibility index (Phi) is 6.85. The number of carboxylic acid groups (broad SMARTS) is 1. The fourth-order valence-electron chi connectivity index (χ4n) is 2.53. The molecular weight excluding hydrogens is 366 g/mol. The number of hydrogen-bond acceptors (Lipinski definition) is 4. The highest BCUT2D eigenvalue weighted by Crippen LogP contribution is 2.23. The molecule has 1 saturated heterocycles. The summed E-state index contributed by atoms with van der Waals surface area (Å²) in [4.78, 5) is 23.2. The maximum Gasteiger partial charge on any atom is 0.308 e. The minimum atomic E-state index is -0.883. The van der Waals surface area contributed by atoms with E-state index >= 15 is 0 Å². The zero-order valence-corrected chi connectivity index (χ0v) is 14.3. The third kappa shape index (κ3) is 5.84. The van der Waals surface area contributed by atoms with Crippen LogP contribution in [0, 0.1) is 11.8 Å². The molecule has 1 aromatic carbocycles. The fraction of sp³-hybridized carbons (Fsp3) is 0.500. The number of amides is 1. The first kappa shape index (κ1) is 17.7. The number of aliphatic carboxylic acids is 1. The van der Waals surface area contributed by atoms with Crippen LogP contribution in [-0.2, 0) is 14.3 Å². The second kappa shape index (κ2) is 8.88. The molecule has 1 unspecified atom stereocenters. The van der Waals surface area contributed by atoms with Crippen LogP contribution in [0.5, 0.6) is 5.75 Å². The lowest BCUT2D eigenvalue weighted by atomic mass is 9.86. The van der Waals surface area contributed by atoms with Gasteiger partial charge in [-0.2, -0.15) is 0 Å². The van der Waals surface area contributed by atoms with E-state index in [0.29, 0.717) is 31.8 Å². The molecule has 23 heavy (non-hydrogen) atoms. The van der Waals surface area contributed by atoms with E-state index in [9.17, 15) is 14.7 Å². The lowest BCUT2D eigenvalue weighted by Crippen LogP contribution is -2.40. The van der Waals surface area contributed by atoms with Crippen LogP contribution in [0.15, 0.2) is 28.7 Å². The van der Waals surface area contributed by atoms with Crippen LogP contribution in [0.25, 0.3) is 0 Å². The van der Waals surface area contributed by atoms with E-state index in [-0.39, 0.29) is 25.0 Å². The van der Waals surface area contributed by atoms with Crippen LogP contribution >= 0.6 is 15.9 Å². The van der Waals surface area contributed by atoms with Crippen molar-refractivity contribution < 1.29 is 24.2 Å². The molecule has 1 fully saturated rings. The highest BCUT2D eigenvalue weighted by molar-refractivity contribution is 9.10. The van der Waals surface area contributed by atoms with Gasteiger partial charge >= 0.3 is 5.97 Å². The predicted octanol–water partition coefficient (Wildman–Crippen LogP) is 2.07. The molecular formula is C16H20BrNO5. The average molecular weight is 386 g/mol. The first-order chi connectivity index (χ1) is 11.1. The summed E-state index contributed by atoms with van der Waals surface area (Å²) in [6, 6.07) is 7.14. The van der Waals surface area contributed by atoms with Crippen molar-refractivity contribution in [2.45, 2.75) is 12.8 Å². The lowest BCUT2D eigenvalue weighted by Gasteiger charge is -2.27. The first-order valence-electron chi connectivity index (χ1n) is 7.52. The Morgan fingerprint density at radius 1 is 1.30 bits per heavy atom. The summed E-state index contributed by atoms with van der Waals surface area (Å²) in [6.07, 6.45) is 1.42. The molecule has 2 N–H and O–H groups in total. The molecule has 1 atom stereocenters. The number of rotatable bonds is 7. The van der Waals surface area contributed by atoms with Gasteiger partial charge in [0.15, 0.2) is 6.61 Å². The highest BCUT2D eigenvalue weighted by Gasteiger charge is 2.29.